The van der Waals surface area contributed by atoms with Crippen LogP contribution in [0.25, 0.3) is 0 Å². The third-order valence-corrected chi connectivity index (χ3v) is 5.19. The first kappa shape index (κ1) is 14.4. The number of benzene rings is 2. The average molecular weight is 322 g/mol. The molecule has 0 heterocycles. The van der Waals surface area contributed by atoms with E-state index in [1.54, 1.807) is 12.1 Å². The van der Waals surface area contributed by atoms with Crippen LogP contribution in [0.1, 0.15) is 23.6 Å². The number of sulfone groups is 1. The zero-order valence-corrected chi connectivity index (χ0v) is 13.2. The zero-order chi connectivity index (χ0) is 15.0. The fourth-order valence-electron chi connectivity index (χ4n) is 2.83. The Hall–Kier alpha value is -1.52. The Kier molecular flexibility index (Phi) is 3.68. The molecule has 0 saturated heterocycles. The molecule has 0 fully saturated rings. The molecular formula is C16H16ClNO2S. The number of nitrogens with one attached hydrogen (secondary N) is 1. The van der Waals surface area contributed by atoms with Gasteiger partial charge in [-0.2, -0.15) is 0 Å². The van der Waals surface area contributed by atoms with Crippen molar-refractivity contribution in [1.82, 2.24) is 0 Å². The number of halogens is 1. The lowest BCUT2D eigenvalue weighted by Crippen LogP contribution is -2.10. The second-order valence-electron chi connectivity index (χ2n) is 5.35. The van der Waals surface area contributed by atoms with Gasteiger partial charge >= 0.3 is 0 Å². The maximum Gasteiger partial charge on any atom is 0.177 e. The van der Waals surface area contributed by atoms with Crippen LogP contribution in [0.4, 0.5) is 5.69 Å². The van der Waals surface area contributed by atoms with Crippen molar-refractivity contribution in [2.45, 2.75) is 23.8 Å². The van der Waals surface area contributed by atoms with Gasteiger partial charge in [0.05, 0.1) is 16.6 Å². The summed E-state index contributed by atoms with van der Waals surface area (Å²) in [4.78, 5) is 0.340. The first-order valence-electron chi connectivity index (χ1n) is 6.79. The molecule has 1 N–H and O–H groups in total. The highest BCUT2D eigenvalue weighted by atomic mass is 35.5. The number of rotatable bonds is 3. The van der Waals surface area contributed by atoms with E-state index in [4.69, 9.17) is 11.6 Å². The molecule has 1 aliphatic rings. The van der Waals surface area contributed by atoms with E-state index in [0.29, 0.717) is 10.6 Å². The van der Waals surface area contributed by atoms with E-state index >= 15 is 0 Å². The summed E-state index contributed by atoms with van der Waals surface area (Å²) in [5.41, 5.74) is 3.09. The minimum atomic E-state index is -3.24. The van der Waals surface area contributed by atoms with E-state index in [-0.39, 0.29) is 6.04 Å². The normalized spacial score (nSPS) is 17.5. The van der Waals surface area contributed by atoms with Gasteiger partial charge in [-0.15, -0.1) is 0 Å². The number of aryl methyl sites for hydroxylation is 1. The summed E-state index contributed by atoms with van der Waals surface area (Å²) in [5, 5.41) is 4.11. The van der Waals surface area contributed by atoms with Gasteiger partial charge in [-0.3, -0.25) is 0 Å². The van der Waals surface area contributed by atoms with Crippen LogP contribution < -0.4 is 5.32 Å². The molecule has 0 spiro atoms. The predicted molar refractivity (Wildman–Crippen MR) is 85.7 cm³/mol. The molecule has 0 saturated carbocycles. The third kappa shape index (κ3) is 2.92. The Labute approximate surface area is 129 Å². The summed E-state index contributed by atoms with van der Waals surface area (Å²) < 4.78 is 23.7. The van der Waals surface area contributed by atoms with E-state index in [1.165, 1.54) is 17.4 Å². The van der Waals surface area contributed by atoms with Gasteiger partial charge in [0, 0.05) is 11.3 Å². The zero-order valence-electron chi connectivity index (χ0n) is 11.6. The van der Waals surface area contributed by atoms with Crippen molar-refractivity contribution >= 4 is 27.1 Å². The van der Waals surface area contributed by atoms with Crippen molar-refractivity contribution in [3.63, 3.8) is 0 Å². The number of para-hydroxylation sites is 1. The molecule has 2 aromatic rings. The number of fused-ring (bicyclic) bond motifs is 1. The number of anilines is 1. The Balaban J connectivity index is 1.94. The van der Waals surface area contributed by atoms with Crippen LogP contribution in [0.3, 0.4) is 0 Å². The molecule has 21 heavy (non-hydrogen) atoms. The van der Waals surface area contributed by atoms with Crippen molar-refractivity contribution < 1.29 is 8.42 Å². The molecule has 0 aromatic heterocycles. The maximum absolute atomic E-state index is 11.9. The SMILES string of the molecule is CS(=O)(=O)c1ccccc1NC1CCc2cc(Cl)ccc21. The van der Waals surface area contributed by atoms with E-state index < -0.39 is 9.84 Å². The topological polar surface area (TPSA) is 46.2 Å². The molecule has 3 nitrogen and oxygen atoms in total. The third-order valence-electron chi connectivity index (χ3n) is 3.80. The molecule has 1 aliphatic carbocycles. The van der Waals surface area contributed by atoms with Gasteiger partial charge in [0.1, 0.15) is 0 Å². The standard InChI is InChI=1S/C16H16ClNO2S/c1-21(19,20)16-5-3-2-4-15(16)18-14-9-6-11-10-12(17)7-8-13(11)14/h2-5,7-8,10,14,18H,6,9H2,1H3. The number of hydrogen-bond acceptors (Lipinski definition) is 3. The largest absolute Gasteiger partial charge is 0.377 e. The first-order chi connectivity index (χ1) is 9.95. The van der Waals surface area contributed by atoms with Crippen molar-refractivity contribution in [1.29, 1.82) is 0 Å². The number of hydrogen-bond donors (Lipinski definition) is 1. The fraction of sp³-hybridized carbons (Fsp3) is 0.250. The Bertz CT molecular complexity index is 787. The smallest absolute Gasteiger partial charge is 0.177 e. The molecule has 2 aromatic carbocycles. The highest BCUT2D eigenvalue weighted by Crippen LogP contribution is 2.36. The Morgan fingerprint density at radius 2 is 1.95 bits per heavy atom. The van der Waals surface area contributed by atoms with Gasteiger partial charge in [0.25, 0.3) is 0 Å². The minimum absolute atomic E-state index is 0.125. The van der Waals surface area contributed by atoms with Gasteiger partial charge < -0.3 is 5.32 Å². The van der Waals surface area contributed by atoms with E-state index in [1.807, 2.05) is 30.3 Å². The van der Waals surface area contributed by atoms with E-state index in [2.05, 4.69) is 5.32 Å². The van der Waals surface area contributed by atoms with Crippen LogP contribution in [0, 0.1) is 0 Å². The maximum atomic E-state index is 11.9. The van der Waals surface area contributed by atoms with E-state index in [0.717, 1.165) is 17.9 Å². The average Bonchev–Trinajstić information content (AvgIpc) is 2.80. The molecule has 1 unspecified atom stereocenters. The Morgan fingerprint density at radius 1 is 1.19 bits per heavy atom. The van der Waals surface area contributed by atoms with Gasteiger partial charge in [0.15, 0.2) is 9.84 Å². The van der Waals surface area contributed by atoms with Gasteiger partial charge in [0.2, 0.25) is 0 Å². The fourth-order valence-corrected chi connectivity index (χ4v) is 3.88. The molecule has 1 atom stereocenters. The summed E-state index contributed by atoms with van der Waals surface area (Å²) in [6, 6.07) is 13.0. The molecule has 5 heteroatoms. The van der Waals surface area contributed by atoms with Crippen LogP contribution >= 0.6 is 11.6 Å². The molecule has 0 bridgehead atoms. The summed E-state index contributed by atoms with van der Waals surface area (Å²) in [6.07, 6.45) is 3.12. The molecule has 0 amide bonds. The highest BCUT2D eigenvalue weighted by molar-refractivity contribution is 7.90. The van der Waals surface area contributed by atoms with Crippen LogP contribution in [0.5, 0.6) is 0 Å². The lowest BCUT2D eigenvalue weighted by molar-refractivity contribution is 0.602. The molecule has 0 radical (unpaired) electrons. The van der Waals surface area contributed by atoms with E-state index in [9.17, 15) is 8.42 Å². The summed E-state index contributed by atoms with van der Waals surface area (Å²) in [5.74, 6) is 0. The highest BCUT2D eigenvalue weighted by Gasteiger charge is 2.24. The van der Waals surface area contributed by atoms with Crippen LogP contribution in [-0.4, -0.2) is 14.7 Å². The van der Waals surface area contributed by atoms with Crippen LogP contribution in [0.15, 0.2) is 47.4 Å². The lowest BCUT2D eigenvalue weighted by Gasteiger charge is -2.18. The van der Waals surface area contributed by atoms with Crippen LogP contribution in [0.2, 0.25) is 5.02 Å². The molecule has 0 aliphatic heterocycles. The second kappa shape index (κ2) is 5.35. The van der Waals surface area contributed by atoms with Gasteiger partial charge in [-0.05, 0) is 48.2 Å². The van der Waals surface area contributed by atoms with Crippen molar-refractivity contribution in [2.75, 3.05) is 11.6 Å². The monoisotopic (exact) mass is 321 g/mol. The molecular weight excluding hydrogens is 306 g/mol. The molecule has 110 valence electrons. The van der Waals surface area contributed by atoms with Crippen molar-refractivity contribution in [3.05, 3.63) is 58.6 Å². The lowest BCUT2D eigenvalue weighted by atomic mass is 10.1. The predicted octanol–water partition coefficient (Wildman–Crippen LogP) is 3.84. The molecule has 3 rings (SSSR count). The summed E-state index contributed by atoms with van der Waals surface area (Å²) in [6.45, 7) is 0. The first-order valence-corrected chi connectivity index (χ1v) is 9.06. The minimum Gasteiger partial charge on any atom is -0.377 e. The van der Waals surface area contributed by atoms with Crippen molar-refractivity contribution in [3.8, 4) is 0 Å². The van der Waals surface area contributed by atoms with Gasteiger partial charge in [-0.25, -0.2) is 8.42 Å². The quantitative estimate of drug-likeness (QED) is 0.934. The summed E-state index contributed by atoms with van der Waals surface area (Å²) in [7, 11) is -3.24. The van der Waals surface area contributed by atoms with Crippen molar-refractivity contribution in [2.24, 2.45) is 0 Å². The van der Waals surface area contributed by atoms with Crippen LogP contribution in [-0.2, 0) is 16.3 Å². The second-order valence-corrected chi connectivity index (χ2v) is 7.77. The summed E-state index contributed by atoms with van der Waals surface area (Å²) >= 11 is 6.02. The Morgan fingerprint density at radius 3 is 2.71 bits per heavy atom. The van der Waals surface area contributed by atoms with Gasteiger partial charge in [-0.1, -0.05) is 29.8 Å².